The third kappa shape index (κ3) is 4.71. The lowest BCUT2D eigenvalue weighted by atomic mass is 9.67. The van der Waals surface area contributed by atoms with E-state index >= 15 is 0 Å². The zero-order valence-electron chi connectivity index (χ0n) is 17.8. The van der Waals surface area contributed by atoms with Gasteiger partial charge in [-0.25, -0.2) is 0 Å². The molecule has 0 aromatic heterocycles. The van der Waals surface area contributed by atoms with E-state index in [9.17, 15) is 9.59 Å². The highest BCUT2D eigenvalue weighted by Crippen LogP contribution is 2.49. The SMILES string of the molecule is CCCCCOC(=O)C1C(C)=NC2=C(C(=O)CC(C)(C)C2)[C@H]1c1ccccc1Br. The maximum absolute atomic E-state index is 13.2. The zero-order valence-corrected chi connectivity index (χ0v) is 19.3. The topological polar surface area (TPSA) is 55.7 Å². The van der Waals surface area contributed by atoms with Crippen LogP contribution in [0.25, 0.3) is 0 Å². The van der Waals surface area contributed by atoms with Gasteiger partial charge in [0.1, 0.15) is 5.92 Å². The number of carbonyl (C=O) groups is 2. The summed E-state index contributed by atoms with van der Waals surface area (Å²) >= 11 is 3.63. The first-order chi connectivity index (χ1) is 13.7. The van der Waals surface area contributed by atoms with E-state index < -0.39 is 5.92 Å². The Balaban J connectivity index is 2.04. The average Bonchev–Trinajstić information content (AvgIpc) is 2.63. The Kier molecular flexibility index (Phi) is 6.77. The maximum Gasteiger partial charge on any atom is 0.315 e. The summed E-state index contributed by atoms with van der Waals surface area (Å²) in [5.41, 5.74) is 3.08. The molecule has 0 amide bonds. The fraction of sp³-hybridized carbons (Fsp3) is 0.542. The summed E-state index contributed by atoms with van der Waals surface area (Å²) in [6.07, 6.45) is 4.17. The van der Waals surface area contributed by atoms with Crippen LogP contribution in [0, 0.1) is 11.3 Å². The van der Waals surface area contributed by atoms with Crippen molar-refractivity contribution in [1.82, 2.24) is 0 Å². The molecule has 1 unspecified atom stereocenters. The number of esters is 1. The molecule has 4 nitrogen and oxygen atoms in total. The van der Waals surface area contributed by atoms with E-state index in [1.54, 1.807) is 0 Å². The lowest BCUT2D eigenvalue weighted by Gasteiger charge is -2.39. The van der Waals surface area contributed by atoms with Crippen molar-refractivity contribution in [2.45, 2.75) is 65.7 Å². The molecule has 1 aromatic rings. The van der Waals surface area contributed by atoms with E-state index in [2.05, 4.69) is 36.7 Å². The van der Waals surface area contributed by atoms with Gasteiger partial charge in [0.15, 0.2) is 5.78 Å². The second-order valence-corrected chi connectivity index (χ2v) is 9.76. The molecule has 1 heterocycles. The third-order valence-corrected chi connectivity index (χ3v) is 6.51. The molecule has 0 spiro atoms. The Bertz CT molecular complexity index is 869. The number of carbonyl (C=O) groups excluding carboxylic acids is 2. The van der Waals surface area contributed by atoms with Gasteiger partial charge in [-0.3, -0.25) is 14.6 Å². The molecule has 5 heteroatoms. The minimum absolute atomic E-state index is 0.0945. The number of ether oxygens (including phenoxy) is 1. The maximum atomic E-state index is 13.2. The average molecular weight is 460 g/mol. The molecule has 2 aliphatic rings. The standard InChI is InChI=1S/C24H30BrNO3/c1-5-6-9-12-29-23(28)20-15(2)26-18-13-24(3,4)14-19(27)22(18)21(20)16-10-7-8-11-17(16)25/h7-8,10-11,20-21H,5-6,9,12-14H2,1-4H3/t20?,21-/m0/s1. The number of hydrogen-bond acceptors (Lipinski definition) is 4. The summed E-state index contributed by atoms with van der Waals surface area (Å²) in [7, 11) is 0. The third-order valence-electron chi connectivity index (χ3n) is 5.79. The van der Waals surface area contributed by atoms with Crippen molar-refractivity contribution in [2.24, 2.45) is 16.3 Å². The molecule has 0 bridgehead atoms. The molecule has 0 N–H and O–H groups in total. The van der Waals surface area contributed by atoms with Crippen molar-refractivity contribution in [3.8, 4) is 0 Å². The van der Waals surface area contributed by atoms with Gasteiger partial charge in [-0.05, 0) is 36.8 Å². The Hall–Kier alpha value is -1.75. The predicted octanol–water partition coefficient (Wildman–Crippen LogP) is 6.00. The van der Waals surface area contributed by atoms with Crippen LogP contribution < -0.4 is 0 Å². The highest BCUT2D eigenvalue weighted by atomic mass is 79.9. The Morgan fingerprint density at radius 2 is 1.97 bits per heavy atom. The van der Waals surface area contributed by atoms with Gasteiger partial charge in [0.2, 0.25) is 0 Å². The van der Waals surface area contributed by atoms with E-state index in [1.165, 1.54) is 0 Å². The number of rotatable bonds is 6. The van der Waals surface area contributed by atoms with Gasteiger partial charge in [0, 0.05) is 33.8 Å². The first kappa shape index (κ1) is 21.9. The van der Waals surface area contributed by atoms with E-state index in [1.807, 2.05) is 31.2 Å². The highest BCUT2D eigenvalue weighted by Gasteiger charge is 2.46. The summed E-state index contributed by atoms with van der Waals surface area (Å²) in [6.45, 7) is 8.61. The fourth-order valence-corrected chi connectivity index (χ4v) is 4.96. The fourth-order valence-electron chi connectivity index (χ4n) is 4.43. The monoisotopic (exact) mass is 459 g/mol. The van der Waals surface area contributed by atoms with Crippen molar-refractivity contribution in [3.63, 3.8) is 0 Å². The van der Waals surface area contributed by atoms with Crippen molar-refractivity contribution in [1.29, 1.82) is 0 Å². The van der Waals surface area contributed by atoms with E-state index in [0.29, 0.717) is 18.6 Å². The second kappa shape index (κ2) is 8.95. The molecule has 0 saturated carbocycles. The van der Waals surface area contributed by atoms with E-state index in [-0.39, 0.29) is 23.1 Å². The molecule has 156 valence electrons. The molecule has 1 aromatic carbocycles. The molecule has 1 aliphatic heterocycles. The normalized spacial score (nSPS) is 23.5. The first-order valence-electron chi connectivity index (χ1n) is 10.5. The van der Waals surface area contributed by atoms with Gasteiger partial charge < -0.3 is 4.74 Å². The van der Waals surface area contributed by atoms with Crippen LogP contribution in [0.1, 0.15) is 71.3 Å². The molecule has 1 aliphatic carbocycles. The summed E-state index contributed by atoms with van der Waals surface area (Å²) in [5.74, 6) is -1.12. The largest absolute Gasteiger partial charge is 0.465 e. The number of hydrogen-bond donors (Lipinski definition) is 0. The number of halogens is 1. The van der Waals surface area contributed by atoms with Gasteiger partial charge in [-0.15, -0.1) is 0 Å². The van der Waals surface area contributed by atoms with Crippen LogP contribution in [0.5, 0.6) is 0 Å². The molecule has 0 fully saturated rings. The van der Waals surface area contributed by atoms with E-state index in [4.69, 9.17) is 9.73 Å². The number of nitrogens with zero attached hydrogens (tertiary/aromatic N) is 1. The molecule has 0 radical (unpaired) electrons. The molecule has 2 atom stereocenters. The van der Waals surface area contributed by atoms with Crippen molar-refractivity contribution in [3.05, 3.63) is 45.6 Å². The van der Waals surface area contributed by atoms with Crippen LogP contribution >= 0.6 is 15.9 Å². The molecule has 3 rings (SSSR count). The van der Waals surface area contributed by atoms with Crippen LogP contribution in [0.4, 0.5) is 0 Å². The molecular formula is C24H30BrNO3. The Morgan fingerprint density at radius 1 is 1.24 bits per heavy atom. The van der Waals surface area contributed by atoms with Crippen molar-refractivity contribution < 1.29 is 14.3 Å². The molecule has 29 heavy (non-hydrogen) atoms. The summed E-state index contributed by atoms with van der Waals surface area (Å²) < 4.78 is 6.53. The Morgan fingerprint density at radius 3 is 2.66 bits per heavy atom. The lowest BCUT2D eigenvalue weighted by Crippen LogP contribution is -2.39. The molecule has 0 saturated heterocycles. The van der Waals surface area contributed by atoms with Gasteiger partial charge in [-0.2, -0.15) is 0 Å². The van der Waals surface area contributed by atoms with Gasteiger partial charge in [0.05, 0.1) is 6.61 Å². The number of benzene rings is 1. The first-order valence-corrected chi connectivity index (χ1v) is 11.3. The van der Waals surface area contributed by atoms with Crippen LogP contribution in [0.2, 0.25) is 0 Å². The van der Waals surface area contributed by atoms with Crippen LogP contribution in [0.15, 0.2) is 45.0 Å². The van der Waals surface area contributed by atoms with Gasteiger partial charge >= 0.3 is 5.97 Å². The number of Topliss-reactive ketones (excluding diaryl/α,β-unsaturated/α-hetero) is 1. The van der Waals surface area contributed by atoms with Gasteiger partial charge in [-0.1, -0.05) is 67.7 Å². The van der Waals surface area contributed by atoms with Crippen LogP contribution in [0.3, 0.4) is 0 Å². The lowest BCUT2D eigenvalue weighted by molar-refractivity contribution is -0.146. The van der Waals surface area contributed by atoms with Crippen LogP contribution in [-0.2, 0) is 14.3 Å². The number of allylic oxidation sites excluding steroid dienone is 2. The Labute approximate surface area is 181 Å². The highest BCUT2D eigenvalue weighted by molar-refractivity contribution is 9.10. The zero-order chi connectivity index (χ0) is 21.2. The smallest absolute Gasteiger partial charge is 0.315 e. The summed E-state index contributed by atoms with van der Waals surface area (Å²) in [5, 5.41) is 0. The quantitative estimate of drug-likeness (QED) is 0.387. The van der Waals surface area contributed by atoms with Crippen LogP contribution in [-0.4, -0.2) is 24.1 Å². The number of unbranched alkanes of at least 4 members (excludes halogenated alkanes) is 2. The van der Waals surface area contributed by atoms with Crippen molar-refractivity contribution >= 4 is 33.4 Å². The van der Waals surface area contributed by atoms with E-state index in [0.717, 1.165) is 47.1 Å². The minimum atomic E-state index is -0.570. The minimum Gasteiger partial charge on any atom is -0.465 e. The second-order valence-electron chi connectivity index (χ2n) is 8.91. The number of ketones is 1. The number of aliphatic imine (C=N–C) groups is 1. The van der Waals surface area contributed by atoms with Crippen molar-refractivity contribution in [2.75, 3.05) is 6.61 Å². The summed E-state index contributed by atoms with van der Waals surface area (Å²) in [4.78, 5) is 31.1. The predicted molar refractivity (Wildman–Crippen MR) is 119 cm³/mol. The molecular weight excluding hydrogens is 430 g/mol. The van der Waals surface area contributed by atoms with Gasteiger partial charge in [0.25, 0.3) is 0 Å². The summed E-state index contributed by atoms with van der Waals surface area (Å²) in [6, 6.07) is 7.83.